The van der Waals surface area contributed by atoms with Crippen molar-refractivity contribution in [3.63, 3.8) is 0 Å². The Labute approximate surface area is 226 Å². The Balaban J connectivity index is 0. The first-order valence-corrected chi connectivity index (χ1v) is 10.3. The zero-order valence-corrected chi connectivity index (χ0v) is 21.7. The Morgan fingerprint density at radius 2 is 1.19 bits per heavy atom. The number of carboxylic acids is 1. The summed E-state index contributed by atoms with van der Waals surface area (Å²) in [4.78, 5) is 53.7. The van der Waals surface area contributed by atoms with Gasteiger partial charge in [0.15, 0.2) is 17.3 Å². The van der Waals surface area contributed by atoms with Crippen molar-refractivity contribution in [2.45, 2.75) is 20.8 Å². The summed E-state index contributed by atoms with van der Waals surface area (Å²) in [5.41, 5.74) is 1.86. The molecule has 0 aliphatic heterocycles. The number of hydrogen-bond donors (Lipinski definition) is 1. The number of aromatic carboxylic acids is 1. The molecule has 0 aliphatic rings. The van der Waals surface area contributed by atoms with E-state index in [1.165, 1.54) is 51.4 Å². The largest absolute Gasteiger partial charge is 1.00 e. The van der Waals surface area contributed by atoms with Crippen molar-refractivity contribution < 1.29 is 41.4 Å². The maximum absolute atomic E-state index is 10.7. The van der Waals surface area contributed by atoms with E-state index < -0.39 is 5.97 Å². The monoisotopic (exact) mass is 599 g/mol. The van der Waals surface area contributed by atoms with Crippen LogP contribution in [0.5, 0.6) is 0 Å². The van der Waals surface area contributed by atoms with Crippen molar-refractivity contribution in [2.24, 2.45) is 0 Å². The van der Waals surface area contributed by atoms with Gasteiger partial charge in [0.2, 0.25) is 0 Å². The third kappa shape index (κ3) is 13.0. The molecule has 188 valence electrons. The second kappa shape index (κ2) is 18.3. The zero-order chi connectivity index (χ0) is 27.0. The van der Waals surface area contributed by atoms with Crippen LogP contribution in [-0.2, 0) is 17.1 Å². The number of carbonyl (C=O) groups is 4. The molecule has 0 amide bonds. The minimum absolute atomic E-state index is 0. The van der Waals surface area contributed by atoms with Crippen LogP contribution in [0.2, 0.25) is 0 Å². The van der Waals surface area contributed by atoms with Crippen molar-refractivity contribution in [3.05, 3.63) is 94.2 Å². The van der Waals surface area contributed by atoms with Gasteiger partial charge in [-0.25, -0.2) is 19.7 Å². The fraction of sp³-hybridized carbons (Fsp3) is 0.125. The van der Waals surface area contributed by atoms with Crippen LogP contribution < -0.4 is 0 Å². The summed E-state index contributed by atoms with van der Waals surface area (Å²) >= 11 is 3.17. The molecule has 3 aromatic heterocycles. The summed E-state index contributed by atoms with van der Waals surface area (Å²) in [7, 11) is 0. The topological polar surface area (TPSA) is 175 Å². The summed E-state index contributed by atoms with van der Waals surface area (Å²) in [5, 5.41) is 23.1. The Morgan fingerprint density at radius 1 is 0.778 bits per heavy atom. The maximum atomic E-state index is 10.7. The molecule has 0 fully saturated rings. The molecule has 3 heterocycles. The maximum Gasteiger partial charge on any atom is 1.00 e. The first kappa shape index (κ1) is 34.1. The zero-order valence-electron chi connectivity index (χ0n) is 19.2. The number of hydrogen-bond acceptors (Lipinski definition) is 9. The Morgan fingerprint density at radius 3 is 1.47 bits per heavy atom. The standard InChI is InChI=1S/C8H6N2O.C8H7NO3.C7H6BrNO.CN.Cu/c1-6(11)7-2-3-8(4-9)10-5-7;1-5(10)6-2-3-7(8(11)12)9-4-6;1-5(10)6-2-3-7(8)9-4-6;1-2;/h2-3,5H,1H3;2-4H,1H3,(H,11,12);2-4H,1H3;;/q;;;-1;+1. The summed E-state index contributed by atoms with van der Waals surface area (Å²) in [6.07, 6.45) is 4.21. The quantitative estimate of drug-likeness (QED) is 0.197. The SMILES string of the molecule is CC(=O)c1ccc(Br)nc1.CC(=O)c1ccc(C#N)nc1.CC(=O)c1ccc(C(=O)O)nc1.[C-]#N.[Cu+]. The molecule has 36 heavy (non-hydrogen) atoms. The van der Waals surface area contributed by atoms with Crippen molar-refractivity contribution >= 4 is 39.2 Å². The van der Waals surface area contributed by atoms with E-state index in [-0.39, 0.29) is 40.1 Å². The predicted octanol–water partition coefficient (Wildman–Crippen LogP) is 4.28. The number of halogens is 1. The number of nitriles is 1. The van der Waals surface area contributed by atoms with E-state index in [2.05, 4.69) is 30.9 Å². The second-order valence-electron chi connectivity index (χ2n) is 6.32. The number of rotatable bonds is 4. The first-order valence-electron chi connectivity index (χ1n) is 9.47. The van der Waals surface area contributed by atoms with Crippen molar-refractivity contribution in [3.8, 4) is 6.07 Å². The van der Waals surface area contributed by atoms with E-state index in [0.717, 1.165) is 4.60 Å². The van der Waals surface area contributed by atoms with Gasteiger partial charge in [0.25, 0.3) is 0 Å². The first-order chi connectivity index (χ1) is 16.5. The number of ketones is 3. The molecule has 0 unspecified atom stereocenters. The van der Waals surface area contributed by atoms with Gasteiger partial charge in [0, 0.05) is 35.3 Å². The van der Waals surface area contributed by atoms with Crippen LogP contribution in [0, 0.1) is 23.2 Å². The third-order valence-electron chi connectivity index (χ3n) is 3.81. The molecule has 0 saturated carbocycles. The van der Waals surface area contributed by atoms with Crippen LogP contribution in [0.3, 0.4) is 0 Å². The predicted molar refractivity (Wildman–Crippen MR) is 127 cm³/mol. The molecule has 0 aliphatic carbocycles. The minimum Gasteiger partial charge on any atom is -0.512 e. The van der Waals surface area contributed by atoms with Crippen molar-refractivity contribution in [1.82, 2.24) is 15.0 Å². The van der Waals surface area contributed by atoms with Gasteiger partial charge in [-0.2, -0.15) is 5.26 Å². The van der Waals surface area contributed by atoms with Crippen LogP contribution in [0.1, 0.15) is 68.0 Å². The molecule has 12 heteroatoms. The molecular weight excluding hydrogens is 582 g/mol. The Kier molecular flexibility index (Phi) is 17.3. The average Bonchev–Trinajstić information content (AvgIpc) is 2.86. The summed E-state index contributed by atoms with van der Waals surface area (Å²) in [6.45, 7) is 9.13. The fourth-order valence-corrected chi connectivity index (χ4v) is 2.22. The summed E-state index contributed by atoms with van der Waals surface area (Å²) in [5.74, 6) is -1.22. The van der Waals surface area contributed by atoms with Crippen LogP contribution in [0.4, 0.5) is 0 Å². The number of Topliss-reactive ketones (excluding diaryl/α,β-unsaturated/α-hetero) is 3. The summed E-state index contributed by atoms with van der Waals surface area (Å²) in [6, 6.07) is 11.2. The number of pyridine rings is 3. The van der Waals surface area contributed by atoms with Gasteiger partial charge < -0.3 is 16.9 Å². The van der Waals surface area contributed by atoms with E-state index in [1.54, 1.807) is 24.4 Å². The number of aromatic nitrogens is 3. The van der Waals surface area contributed by atoms with Crippen LogP contribution in [0.15, 0.2) is 59.6 Å². The van der Waals surface area contributed by atoms with E-state index in [9.17, 15) is 19.2 Å². The van der Waals surface area contributed by atoms with E-state index in [4.69, 9.17) is 22.2 Å². The smallest absolute Gasteiger partial charge is 0.512 e. The summed E-state index contributed by atoms with van der Waals surface area (Å²) < 4.78 is 0.748. The molecular formula is C24H19BrCuN5O5. The van der Waals surface area contributed by atoms with E-state index in [1.807, 2.05) is 6.07 Å². The third-order valence-corrected chi connectivity index (χ3v) is 4.28. The van der Waals surface area contributed by atoms with Gasteiger partial charge in [-0.3, -0.25) is 14.4 Å². The number of carboxylic acid groups (broad SMARTS) is 1. The van der Waals surface area contributed by atoms with Crippen LogP contribution >= 0.6 is 15.9 Å². The normalized spacial score (nSPS) is 8.47. The molecule has 0 spiro atoms. The molecule has 10 nitrogen and oxygen atoms in total. The van der Waals surface area contributed by atoms with Gasteiger partial charge in [-0.1, -0.05) is 0 Å². The van der Waals surface area contributed by atoms with Gasteiger partial charge >= 0.3 is 23.0 Å². The van der Waals surface area contributed by atoms with Crippen molar-refractivity contribution in [1.29, 1.82) is 10.5 Å². The Hall–Kier alpha value is -4.09. The van der Waals surface area contributed by atoms with Gasteiger partial charge in [-0.15, -0.1) is 0 Å². The molecule has 0 saturated heterocycles. The fourth-order valence-electron chi connectivity index (χ4n) is 1.98. The molecule has 3 aromatic rings. The number of carbonyl (C=O) groups excluding carboxylic acids is 3. The molecule has 1 N–H and O–H groups in total. The van der Waals surface area contributed by atoms with Gasteiger partial charge in [-0.05, 0) is 73.1 Å². The van der Waals surface area contributed by atoms with Crippen molar-refractivity contribution in [2.75, 3.05) is 0 Å². The average molecular weight is 601 g/mol. The molecule has 0 radical (unpaired) electrons. The van der Waals surface area contributed by atoms with Gasteiger partial charge in [0.1, 0.15) is 22.1 Å². The van der Waals surface area contributed by atoms with E-state index >= 15 is 0 Å². The van der Waals surface area contributed by atoms with E-state index in [0.29, 0.717) is 22.4 Å². The molecule has 0 aromatic carbocycles. The van der Waals surface area contributed by atoms with Crippen LogP contribution in [0.25, 0.3) is 0 Å². The molecule has 0 atom stereocenters. The molecule has 0 bridgehead atoms. The van der Waals surface area contributed by atoms with Gasteiger partial charge in [0.05, 0.1) is 0 Å². The number of nitrogens with zero attached hydrogens (tertiary/aromatic N) is 5. The second-order valence-corrected chi connectivity index (χ2v) is 7.13. The Bertz CT molecular complexity index is 1190. The molecule has 3 rings (SSSR count). The minimum atomic E-state index is -1.09. The van der Waals surface area contributed by atoms with Crippen LogP contribution in [-0.4, -0.2) is 43.4 Å².